The number of amides is 1. The Morgan fingerprint density at radius 3 is 2.60 bits per heavy atom. The molecule has 2 aromatic carbocycles. The molecule has 0 aliphatic carbocycles. The van der Waals surface area contributed by atoms with Gasteiger partial charge in [-0.25, -0.2) is 0 Å². The Kier molecular flexibility index (Phi) is 5.42. The molecule has 0 radical (unpaired) electrons. The number of hydrogen-bond donors (Lipinski definition) is 0. The van der Waals surface area contributed by atoms with E-state index in [-0.39, 0.29) is 12.0 Å². The van der Waals surface area contributed by atoms with Crippen molar-refractivity contribution >= 4 is 5.91 Å². The number of carbonyl (C=O) groups excluding carboxylic acids is 1. The second-order valence-electron chi connectivity index (χ2n) is 7.15. The minimum absolute atomic E-state index is 0.125. The first-order chi connectivity index (χ1) is 12.0. The summed E-state index contributed by atoms with van der Waals surface area (Å²) in [6, 6.07) is 16.3. The summed E-state index contributed by atoms with van der Waals surface area (Å²) >= 11 is 0. The number of ether oxygens (including phenoxy) is 1. The Morgan fingerprint density at radius 1 is 1.16 bits per heavy atom. The molecular weight excluding hydrogens is 310 g/mol. The topological polar surface area (TPSA) is 29.5 Å². The minimum atomic E-state index is 0.125. The molecule has 1 heterocycles. The molecule has 1 amide bonds. The molecule has 0 saturated carbocycles. The second-order valence-corrected chi connectivity index (χ2v) is 7.15. The maximum absolute atomic E-state index is 12.9. The molecule has 0 spiro atoms. The summed E-state index contributed by atoms with van der Waals surface area (Å²) in [5.41, 5.74) is 3.09. The van der Waals surface area contributed by atoms with E-state index in [4.69, 9.17) is 4.74 Å². The van der Waals surface area contributed by atoms with Crippen LogP contribution in [0, 0.1) is 6.92 Å². The van der Waals surface area contributed by atoms with Crippen LogP contribution in [0.2, 0.25) is 0 Å². The van der Waals surface area contributed by atoms with Crippen molar-refractivity contribution < 1.29 is 9.53 Å². The molecule has 0 bridgehead atoms. The van der Waals surface area contributed by atoms with Crippen molar-refractivity contribution in [2.45, 2.75) is 45.6 Å². The highest BCUT2D eigenvalue weighted by Gasteiger charge is 2.25. The molecule has 1 aliphatic rings. The largest absolute Gasteiger partial charge is 0.491 e. The van der Waals surface area contributed by atoms with E-state index in [1.807, 2.05) is 49.9 Å². The van der Waals surface area contributed by atoms with Crippen LogP contribution in [0.4, 0.5) is 0 Å². The van der Waals surface area contributed by atoms with Crippen molar-refractivity contribution in [2.24, 2.45) is 0 Å². The number of piperidine rings is 1. The molecule has 0 N–H and O–H groups in total. The lowest BCUT2D eigenvalue weighted by atomic mass is 9.90. The highest BCUT2D eigenvalue weighted by Crippen LogP contribution is 2.28. The molecule has 0 aromatic heterocycles. The number of aryl methyl sites for hydroxylation is 1. The average molecular weight is 337 g/mol. The fraction of sp³-hybridized carbons (Fsp3) is 0.409. The lowest BCUT2D eigenvalue weighted by Gasteiger charge is -2.33. The quantitative estimate of drug-likeness (QED) is 0.802. The first-order valence-electron chi connectivity index (χ1n) is 9.16. The summed E-state index contributed by atoms with van der Waals surface area (Å²) in [5.74, 6) is 1.41. The normalized spacial score (nSPS) is 17.6. The van der Waals surface area contributed by atoms with Gasteiger partial charge in [-0.15, -0.1) is 0 Å². The van der Waals surface area contributed by atoms with E-state index in [9.17, 15) is 4.79 Å². The molecule has 3 heteroatoms. The first kappa shape index (κ1) is 17.5. The Morgan fingerprint density at radius 2 is 1.92 bits per heavy atom. The zero-order valence-electron chi connectivity index (χ0n) is 15.4. The van der Waals surface area contributed by atoms with Gasteiger partial charge in [0.1, 0.15) is 5.75 Å². The average Bonchev–Trinajstić information content (AvgIpc) is 2.63. The number of hydrogen-bond acceptors (Lipinski definition) is 2. The number of rotatable bonds is 4. The molecule has 2 aromatic rings. The van der Waals surface area contributed by atoms with Crippen molar-refractivity contribution in [1.29, 1.82) is 0 Å². The van der Waals surface area contributed by atoms with Gasteiger partial charge in [0.25, 0.3) is 5.91 Å². The van der Waals surface area contributed by atoms with Gasteiger partial charge < -0.3 is 9.64 Å². The van der Waals surface area contributed by atoms with Crippen LogP contribution in [0.15, 0.2) is 48.5 Å². The number of benzene rings is 2. The molecule has 1 atom stereocenters. The van der Waals surface area contributed by atoms with Crippen LogP contribution in [0.1, 0.15) is 54.1 Å². The number of likely N-dealkylation sites (tertiary alicyclic amines) is 1. The van der Waals surface area contributed by atoms with E-state index in [2.05, 4.69) is 24.3 Å². The van der Waals surface area contributed by atoms with Crippen LogP contribution in [-0.2, 0) is 0 Å². The van der Waals surface area contributed by atoms with Crippen LogP contribution < -0.4 is 4.74 Å². The van der Waals surface area contributed by atoms with Crippen molar-refractivity contribution in [3.05, 3.63) is 65.2 Å². The minimum Gasteiger partial charge on any atom is -0.491 e. The molecule has 3 rings (SSSR count). The summed E-state index contributed by atoms with van der Waals surface area (Å²) in [4.78, 5) is 14.9. The maximum Gasteiger partial charge on any atom is 0.253 e. The molecule has 1 unspecified atom stereocenters. The summed E-state index contributed by atoms with van der Waals surface area (Å²) < 4.78 is 5.78. The van der Waals surface area contributed by atoms with Crippen LogP contribution in [0.3, 0.4) is 0 Å². The van der Waals surface area contributed by atoms with Gasteiger partial charge >= 0.3 is 0 Å². The standard InChI is InChI=1S/C22H27NO2/c1-16(2)25-21-12-11-19(14-17(21)3)22(24)23-13-7-10-20(15-23)18-8-5-4-6-9-18/h4-6,8-9,11-12,14,16,20H,7,10,13,15H2,1-3H3. The molecule has 25 heavy (non-hydrogen) atoms. The molecule has 132 valence electrons. The van der Waals surface area contributed by atoms with Gasteiger partial charge in [0, 0.05) is 24.6 Å². The van der Waals surface area contributed by atoms with Gasteiger partial charge in [-0.2, -0.15) is 0 Å². The van der Waals surface area contributed by atoms with E-state index >= 15 is 0 Å². The molecular formula is C22H27NO2. The molecule has 3 nitrogen and oxygen atoms in total. The van der Waals surface area contributed by atoms with Gasteiger partial charge in [-0.05, 0) is 62.9 Å². The Balaban J connectivity index is 1.73. The highest BCUT2D eigenvalue weighted by molar-refractivity contribution is 5.94. The third-order valence-electron chi connectivity index (χ3n) is 4.76. The van der Waals surface area contributed by atoms with E-state index < -0.39 is 0 Å². The van der Waals surface area contributed by atoms with Crippen molar-refractivity contribution in [3.8, 4) is 5.75 Å². The first-order valence-corrected chi connectivity index (χ1v) is 9.16. The van der Waals surface area contributed by atoms with Crippen LogP contribution in [-0.4, -0.2) is 30.0 Å². The highest BCUT2D eigenvalue weighted by atomic mass is 16.5. The summed E-state index contributed by atoms with van der Waals surface area (Å²) in [6.45, 7) is 7.65. The number of carbonyl (C=O) groups is 1. The smallest absolute Gasteiger partial charge is 0.253 e. The summed E-state index contributed by atoms with van der Waals surface area (Å²) in [7, 11) is 0. The fourth-order valence-corrected chi connectivity index (χ4v) is 3.51. The molecule has 1 fully saturated rings. The van der Waals surface area contributed by atoms with E-state index in [1.54, 1.807) is 0 Å². The van der Waals surface area contributed by atoms with Crippen molar-refractivity contribution in [1.82, 2.24) is 4.90 Å². The fourth-order valence-electron chi connectivity index (χ4n) is 3.51. The molecule has 1 saturated heterocycles. The van der Waals surface area contributed by atoms with E-state index in [0.29, 0.717) is 5.92 Å². The predicted octanol–water partition coefficient (Wildman–Crippen LogP) is 4.80. The van der Waals surface area contributed by atoms with Gasteiger partial charge in [-0.3, -0.25) is 4.79 Å². The lowest BCUT2D eigenvalue weighted by Crippen LogP contribution is -2.39. The van der Waals surface area contributed by atoms with Crippen LogP contribution in [0.5, 0.6) is 5.75 Å². The predicted molar refractivity (Wildman–Crippen MR) is 101 cm³/mol. The monoisotopic (exact) mass is 337 g/mol. The van der Waals surface area contributed by atoms with Crippen LogP contribution >= 0.6 is 0 Å². The third-order valence-corrected chi connectivity index (χ3v) is 4.76. The van der Waals surface area contributed by atoms with E-state index in [1.165, 1.54) is 5.56 Å². The SMILES string of the molecule is Cc1cc(C(=O)N2CCCC(c3ccccc3)C2)ccc1OC(C)C. The zero-order chi connectivity index (χ0) is 17.8. The van der Waals surface area contributed by atoms with Gasteiger partial charge in [0.15, 0.2) is 0 Å². The van der Waals surface area contributed by atoms with E-state index in [0.717, 1.165) is 42.8 Å². The van der Waals surface area contributed by atoms with Gasteiger partial charge in [0.05, 0.1) is 6.10 Å². The number of nitrogens with zero attached hydrogens (tertiary/aromatic N) is 1. The van der Waals surface area contributed by atoms with Gasteiger partial charge in [-0.1, -0.05) is 30.3 Å². The Bertz CT molecular complexity index is 724. The third kappa shape index (κ3) is 4.22. The zero-order valence-corrected chi connectivity index (χ0v) is 15.4. The summed E-state index contributed by atoms with van der Waals surface area (Å²) in [5, 5.41) is 0. The second kappa shape index (κ2) is 7.73. The van der Waals surface area contributed by atoms with Crippen molar-refractivity contribution in [3.63, 3.8) is 0 Å². The summed E-state index contributed by atoms with van der Waals surface area (Å²) in [6.07, 6.45) is 2.33. The molecule has 1 aliphatic heterocycles. The van der Waals surface area contributed by atoms with Crippen LogP contribution in [0.25, 0.3) is 0 Å². The van der Waals surface area contributed by atoms with Gasteiger partial charge in [0.2, 0.25) is 0 Å². The Labute approximate surface area is 150 Å². The Hall–Kier alpha value is -2.29. The lowest BCUT2D eigenvalue weighted by molar-refractivity contribution is 0.0707. The maximum atomic E-state index is 12.9. The van der Waals surface area contributed by atoms with Crippen molar-refractivity contribution in [2.75, 3.05) is 13.1 Å².